The molecule has 24 heavy (non-hydrogen) atoms. The molecule has 1 aromatic carbocycles. The maximum Gasteiger partial charge on any atom is 0.240 e. The highest BCUT2D eigenvalue weighted by atomic mass is 16.5. The van der Waals surface area contributed by atoms with Gasteiger partial charge in [0.1, 0.15) is 0 Å². The zero-order chi connectivity index (χ0) is 16.6. The van der Waals surface area contributed by atoms with Crippen LogP contribution in [0.4, 0.5) is 0 Å². The summed E-state index contributed by atoms with van der Waals surface area (Å²) in [6.45, 7) is 6.48. The Morgan fingerprint density at radius 2 is 1.92 bits per heavy atom. The van der Waals surface area contributed by atoms with Gasteiger partial charge in [-0.3, -0.25) is 4.90 Å². The molecule has 0 saturated heterocycles. The van der Waals surface area contributed by atoms with Crippen LogP contribution in [0.1, 0.15) is 69.1 Å². The minimum absolute atomic E-state index is 0.341. The summed E-state index contributed by atoms with van der Waals surface area (Å²) in [5.74, 6) is 2.24. The van der Waals surface area contributed by atoms with Gasteiger partial charge in [0.2, 0.25) is 5.89 Å². The van der Waals surface area contributed by atoms with E-state index in [2.05, 4.69) is 59.2 Å². The van der Waals surface area contributed by atoms with Crippen molar-refractivity contribution in [2.24, 2.45) is 5.41 Å². The second-order valence-corrected chi connectivity index (χ2v) is 8.11. The zero-order valence-electron chi connectivity index (χ0n) is 14.7. The van der Waals surface area contributed by atoms with E-state index in [1.165, 1.54) is 37.7 Å². The maximum absolute atomic E-state index is 5.56. The average Bonchev–Trinajstić information content (AvgIpc) is 3.21. The van der Waals surface area contributed by atoms with Crippen LogP contribution in [0.25, 0.3) is 0 Å². The molecule has 0 spiro atoms. The molecule has 1 heterocycles. The molecule has 0 radical (unpaired) electrons. The SMILES string of the molecule is CC1(C)CCC[C@H]1N(Cc1ccccc1)Cc1nc(C2CC2)no1. The summed E-state index contributed by atoms with van der Waals surface area (Å²) in [4.78, 5) is 7.20. The lowest BCUT2D eigenvalue weighted by molar-refractivity contribution is 0.0864. The van der Waals surface area contributed by atoms with Crippen molar-refractivity contribution in [1.29, 1.82) is 0 Å². The molecule has 0 aliphatic heterocycles. The van der Waals surface area contributed by atoms with Gasteiger partial charge in [-0.2, -0.15) is 4.98 Å². The second kappa shape index (κ2) is 6.32. The molecule has 128 valence electrons. The third-order valence-corrected chi connectivity index (χ3v) is 5.63. The summed E-state index contributed by atoms with van der Waals surface area (Å²) in [6.07, 6.45) is 6.27. The van der Waals surface area contributed by atoms with Crippen LogP contribution in [-0.4, -0.2) is 21.1 Å². The number of benzene rings is 1. The predicted octanol–water partition coefficient (Wildman–Crippen LogP) is 4.53. The molecular weight excluding hydrogens is 298 g/mol. The van der Waals surface area contributed by atoms with Gasteiger partial charge >= 0.3 is 0 Å². The van der Waals surface area contributed by atoms with Crippen LogP contribution in [0.2, 0.25) is 0 Å². The molecule has 4 heteroatoms. The highest BCUT2D eigenvalue weighted by molar-refractivity contribution is 5.15. The van der Waals surface area contributed by atoms with Gasteiger partial charge in [0, 0.05) is 18.5 Å². The van der Waals surface area contributed by atoms with Gasteiger partial charge in [-0.15, -0.1) is 0 Å². The molecule has 2 saturated carbocycles. The van der Waals surface area contributed by atoms with Crippen LogP contribution in [0, 0.1) is 5.41 Å². The lowest BCUT2D eigenvalue weighted by atomic mass is 9.86. The Labute approximate surface area is 144 Å². The fraction of sp³-hybridized carbons (Fsp3) is 0.600. The van der Waals surface area contributed by atoms with Crippen LogP contribution in [-0.2, 0) is 13.1 Å². The fourth-order valence-corrected chi connectivity index (χ4v) is 4.09. The van der Waals surface area contributed by atoms with Gasteiger partial charge in [0.15, 0.2) is 5.82 Å². The molecule has 0 amide bonds. The summed E-state index contributed by atoms with van der Waals surface area (Å²) in [7, 11) is 0. The summed E-state index contributed by atoms with van der Waals surface area (Å²) in [6, 6.07) is 11.3. The van der Waals surface area contributed by atoms with Crippen molar-refractivity contribution in [3.05, 3.63) is 47.6 Å². The average molecular weight is 325 g/mol. The van der Waals surface area contributed by atoms with Crippen molar-refractivity contribution in [1.82, 2.24) is 15.0 Å². The highest BCUT2D eigenvalue weighted by Gasteiger charge is 2.39. The first-order valence-electron chi connectivity index (χ1n) is 9.22. The second-order valence-electron chi connectivity index (χ2n) is 8.11. The third-order valence-electron chi connectivity index (χ3n) is 5.63. The molecular formula is C20H27N3O. The van der Waals surface area contributed by atoms with Crippen molar-refractivity contribution in [3.63, 3.8) is 0 Å². The Kier molecular flexibility index (Phi) is 4.17. The van der Waals surface area contributed by atoms with Crippen LogP contribution in [0.3, 0.4) is 0 Å². The van der Waals surface area contributed by atoms with Gasteiger partial charge in [-0.05, 0) is 36.7 Å². The summed E-state index contributed by atoms with van der Waals surface area (Å²) < 4.78 is 5.56. The third kappa shape index (κ3) is 3.39. The molecule has 2 aliphatic carbocycles. The molecule has 2 aromatic rings. The van der Waals surface area contributed by atoms with Gasteiger partial charge in [-0.1, -0.05) is 55.8 Å². The predicted molar refractivity (Wildman–Crippen MR) is 93.4 cm³/mol. The van der Waals surface area contributed by atoms with E-state index in [1.807, 2.05) is 0 Å². The van der Waals surface area contributed by atoms with Gasteiger partial charge in [-0.25, -0.2) is 0 Å². The standard InChI is InChI=1S/C20H27N3O/c1-20(2)12-6-9-17(20)23(13-15-7-4-3-5-8-15)14-18-21-19(22-24-18)16-10-11-16/h3-5,7-8,16-17H,6,9-14H2,1-2H3/t17-/m1/s1. The number of hydrogen-bond donors (Lipinski definition) is 0. The fourth-order valence-electron chi connectivity index (χ4n) is 4.09. The van der Waals surface area contributed by atoms with E-state index in [9.17, 15) is 0 Å². The number of rotatable bonds is 6. The first kappa shape index (κ1) is 15.8. The van der Waals surface area contributed by atoms with E-state index < -0.39 is 0 Å². The van der Waals surface area contributed by atoms with E-state index >= 15 is 0 Å². The van der Waals surface area contributed by atoms with Crippen LogP contribution in [0.15, 0.2) is 34.9 Å². The minimum atomic E-state index is 0.341. The van der Waals surface area contributed by atoms with Gasteiger partial charge in [0.05, 0.1) is 6.54 Å². The van der Waals surface area contributed by atoms with Crippen LogP contribution in [0.5, 0.6) is 0 Å². The van der Waals surface area contributed by atoms with Gasteiger partial charge < -0.3 is 4.52 Å². The van der Waals surface area contributed by atoms with Crippen molar-refractivity contribution >= 4 is 0 Å². The molecule has 0 bridgehead atoms. The van der Waals surface area contributed by atoms with E-state index in [1.54, 1.807) is 0 Å². The summed E-state index contributed by atoms with van der Waals surface area (Å²) >= 11 is 0. The van der Waals surface area contributed by atoms with Crippen molar-refractivity contribution in [2.45, 2.75) is 71.0 Å². The van der Waals surface area contributed by atoms with Gasteiger partial charge in [0.25, 0.3) is 0 Å². The quantitative estimate of drug-likeness (QED) is 0.782. The largest absolute Gasteiger partial charge is 0.338 e. The number of aromatic nitrogens is 2. The lowest BCUT2D eigenvalue weighted by Gasteiger charge is -2.37. The Hall–Kier alpha value is -1.68. The minimum Gasteiger partial charge on any atom is -0.338 e. The lowest BCUT2D eigenvalue weighted by Crippen LogP contribution is -2.41. The van der Waals surface area contributed by atoms with Crippen molar-refractivity contribution < 1.29 is 4.52 Å². The van der Waals surface area contributed by atoms with Crippen LogP contribution < -0.4 is 0 Å². The Bertz CT molecular complexity index is 675. The van der Waals surface area contributed by atoms with E-state index in [0.29, 0.717) is 17.4 Å². The van der Waals surface area contributed by atoms with E-state index in [-0.39, 0.29) is 0 Å². The first-order valence-corrected chi connectivity index (χ1v) is 9.22. The van der Waals surface area contributed by atoms with E-state index in [4.69, 9.17) is 4.52 Å². The molecule has 0 N–H and O–H groups in total. The monoisotopic (exact) mass is 325 g/mol. The summed E-state index contributed by atoms with van der Waals surface area (Å²) in [5.41, 5.74) is 1.69. The maximum atomic E-state index is 5.56. The molecule has 4 nitrogen and oxygen atoms in total. The number of hydrogen-bond acceptors (Lipinski definition) is 4. The topological polar surface area (TPSA) is 42.2 Å². The summed E-state index contributed by atoms with van der Waals surface area (Å²) in [5, 5.41) is 4.19. The Balaban J connectivity index is 1.54. The van der Waals surface area contributed by atoms with Crippen molar-refractivity contribution in [2.75, 3.05) is 0 Å². The molecule has 1 atom stereocenters. The first-order chi connectivity index (χ1) is 11.6. The number of nitrogens with zero attached hydrogens (tertiary/aromatic N) is 3. The van der Waals surface area contributed by atoms with E-state index in [0.717, 1.165) is 24.8 Å². The zero-order valence-corrected chi connectivity index (χ0v) is 14.7. The Morgan fingerprint density at radius 1 is 1.12 bits per heavy atom. The Morgan fingerprint density at radius 3 is 2.58 bits per heavy atom. The normalized spacial score (nSPS) is 23.0. The van der Waals surface area contributed by atoms with Crippen molar-refractivity contribution in [3.8, 4) is 0 Å². The van der Waals surface area contributed by atoms with Crippen LogP contribution >= 0.6 is 0 Å². The smallest absolute Gasteiger partial charge is 0.240 e. The molecule has 2 fully saturated rings. The highest BCUT2D eigenvalue weighted by Crippen LogP contribution is 2.42. The molecule has 0 unspecified atom stereocenters. The molecule has 1 aromatic heterocycles. The molecule has 4 rings (SSSR count). The molecule has 2 aliphatic rings.